The van der Waals surface area contributed by atoms with Crippen molar-refractivity contribution in [3.63, 3.8) is 0 Å². The van der Waals surface area contributed by atoms with E-state index in [0.29, 0.717) is 18.5 Å². The molecule has 3 N–H and O–H groups in total. The van der Waals surface area contributed by atoms with Crippen molar-refractivity contribution in [3.05, 3.63) is 77.1 Å². The molecule has 43 heavy (non-hydrogen) atoms. The molecule has 0 aliphatic carbocycles. The highest BCUT2D eigenvalue weighted by Crippen LogP contribution is 2.17. The summed E-state index contributed by atoms with van der Waals surface area (Å²) in [5.41, 5.74) is 5.24. The van der Waals surface area contributed by atoms with Crippen LogP contribution in [0.15, 0.2) is 48.5 Å². The number of rotatable bonds is 12. The summed E-state index contributed by atoms with van der Waals surface area (Å²) < 4.78 is 45.1. The molecule has 0 bridgehead atoms. The summed E-state index contributed by atoms with van der Waals surface area (Å²) in [7, 11) is 0. The van der Waals surface area contributed by atoms with E-state index < -0.39 is 47.3 Å². The van der Waals surface area contributed by atoms with E-state index in [1.54, 1.807) is 30.3 Å². The minimum absolute atomic E-state index is 0.0410. The second-order valence-electron chi connectivity index (χ2n) is 10.5. The zero-order chi connectivity index (χ0) is 31.0. The van der Waals surface area contributed by atoms with Crippen LogP contribution < -0.4 is 11.1 Å². The van der Waals surface area contributed by atoms with Crippen molar-refractivity contribution in [2.24, 2.45) is 5.73 Å². The van der Waals surface area contributed by atoms with Crippen LogP contribution in [0.25, 0.3) is 0 Å². The fraction of sp³-hybridized carbons (Fsp3) is 0.429. The topological polar surface area (TPSA) is 164 Å². The van der Waals surface area contributed by atoms with Crippen molar-refractivity contribution in [1.29, 1.82) is 0 Å². The van der Waals surface area contributed by atoms with Crippen molar-refractivity contribution >= 4 is 18.0 Å². The first-order chi connectivity index (χ1) is 20.5. The number of hydrogen-bond donors (Lipinski definition) is 2. The molecule has 4 rings (SSSR count). The Labute approximate surface area is 246 Å². The van der Waals surface area contributed by atoms with Gasteiger partial charge in [0.2, 0.25) is 5.91 Å². The number of hydrogen-bond acceptors (Lipinski definition) is 10. The lowest BCUT2D eigenvalue weighted by Crippen LogP contribution is -2.51. The van der Waals surface area contributed by atoms with E-state index in [-0.39, 0.29) is 44.3 Å². The summed E-state index contributed by atoms with van der Waals surface area (Å²) in [6.45, 7) is 3.14. The number of ether oxygens (including phenoxy) is 3. The van der Waals surface area contributed by atoms with E-state index in [4.69, 9.17) is 19.9 Å². The molecule has 3 aromatic rings. The second kappa shape index (κ2) is 14.1. The molecule has 0 saturated carbocycles. The Morgan fingerprint density at radius 1 is 1.16 bits per heavy atom. The number of amides is 2. The lowest BCUT2D eigenvalue weighted by molar-refractivity contribution is -0.126. The fourth-order valence-corrected chi connectivity index (χ4v) is 4.17. The third-order valence-corrected chi connectivity index (χ3v) is 6.53. The molecule has 0 radical (unpaired) electrons. The first-order valence-electron chi connectivity index (χ1n) is 13.6. The molecule has 1 aliphatic heterocycles. The number of nitrogens with two attached hydrogens (primary N) is 1. The highest BCUT2D eigenvalue weighted by molar-refractivity contribution is 5.89. The Balaban J connectivity index is 1.31. The lowest BCUT2D eigenvalue weighted by Gasteiger charge is -2.24. The molecule has 0 spiro atoms. The number of tetrazole rings is 1. The zero-order valence-corrected chi connectivity index (χ0v) is 23.7. The molecule has 1 aliphatic rings. The maximum absolute atomic E-state index is 14.0. The zero-order valence-electron chi connectivity index (χ0n) is 23.7. The number of aromatic nitrogens is 4. The van der Waals surface area contributed by atoms with Gasteiger partial charge in [0.1, 0.15) is 30.4 Å². The smallest absolute Gasteiger partial charge is 0.409 e. The lowest BCUT2D eigenvalue weighted by atomic mass is 10.1. The highest BCUT2D eigenvalue weighted by Gasteiger charge is 2.31. The van der Waals surface area contributed by atoms with Crippen LogP contribution in [0.2, 0.25) is 0 Å². The summed E-state index contributed by atoms with van der Waals surface area (Å²) in [5, 5.41) is 14.3. The maximum Gasteiger partial charge on any atom is 0.409 e. The first-order valence-corrected chi connectivity index (χ1v) is 13.6. The van der Waals surface area contributed by atoms with Crippen LogP contribution in [0.3, 0.4) is 0 Å². The number of likely N-dealkylation sites (tertiary alicyclic amines) is 1. The minimum atomic E-state index is -1.24. The van der Waals surface area contributed by atoms with Crippen molar-refractivity contribution in [3.8, 4) is 0 Å². The molecule has 1 saturated heterocycles. The maximum atomic E-state index is 14.0. The molecule has 2 unspecified atom stereocenters. The Bertz CT molecular complexity index is 1420. The molecule has 1 fully saturated rings. The monoisotopic (exact) mass is 601 g/mol. The number of nitrogens with one attached hydrogen (secondary N) is 1. The van der Waals surface area contributed by atoms with Gasteiger partial charge in [-0.15, -0.1) is 5.10 Å². The average molecular weight is 602 g/mol. The summed E-state index contributed by atoms with van der Waals surface area (Å²) in [6, 6.07) is 10.8. The van der Waals surface area contributed by atoms with Gasteiger partial charge in [-0.3, -0.25) is 4.79 Å². The normalized spacial score (nSPS) is 15.7. The predicted molar refractivity (Wildman–Crippen MR) is 146 cm³/mol. The van der Waals surface area contributed by atoms with Gasteiger partial charge < -0.3 is 30.2 Å². The Morgan fingerprint density at radius 3 is 2.65 bits per heavy atom. The quantitative estimate of drug-likeness (QED) is 0.294. The molecule has 13 nitrogen and oxygen atoms in total. The predicted octanol–water partition coefficient (Wildman–Crippen LogP) is 2.13. The number of carbonyl (C=O) groups is 3. The van der Waals surface area contributed by atoms with Gasteiger partial charge in [0.05, 0.1) is 37.4 Å². The molecule has 15 heteroatoms. The van der Waals surface area contributed by atoms with Crippen LogP contribution in [-0.4, -0.2) is 81.0 Å². The van der Waals surface area contributed by atoms with Gasteiger partial charge in [-0.25, -0.2) is 23.1 Å². The van der Waals surface area contributed by atoms with E-state index in [1.165, 1.54) is 29.5 Å². The molecular formula is C28H33F2N7O6. The molecular weight excluding hydrogens is 568 g/mol. The average Bonchev–Trinajstić information content (AvgIpc) is 3.63. The third-order valence-electron chi connectivity index (χ3n) is 6.53. The van der Waals surface area contributed by atoms with Gasteiger partial charge >= 0.3 is 12.1 Å². The molecule has 2 aromatic carbocycles. The van der Waals surface area contributed by atoms with Crippen LogP contribution in [0, 0.1) is 11.6 Å². The Kier molecular flexibility index (Phi) is 10.3. The van der Waals surface area contributed by atoms with Crippen molar-refractivity contribution in [2.45, 2.75) is 51.1 Å². The van der Waals surface area contributed by atoms with Crippen LogP contribution >= 0.6 is 0 Å². The van der Waals surface area contributed by atoms with Crippen molar-refractivity contribution in [1.82, 2.24) is 30.4 Å². The van der Waals surface area contributed by atoms with Gasteiger partial charge in [0.15, 0.2) is 5.82 Å². The number of carbonyl (C=O) groups excluding carboxylic acids is 3. The molecule has 2 atom stereocenters. The number of esters is 1. The van der Waals surface area contributed by atoms with E-state index >= 15 is 0 Å². The molecule has 1 aromatic heterocycles. The number of benzene rings is 2. The van der Waals surface area contributed by atoms with E-state index in [1.807, 2.05) is 0 Å². The standard InChI is InChI=1S/C28H33F2N7O6/c1-28(2,31)26(39)32-23(17-41-16-19-8-9-20(29)14-22(19)30)24-33-34-35-37(24)12-13-42-27(40)36-11-10-21(15-36)43-25(38)18-6-4-3-5-7-18/h3-9,14,21,23H,10-13,15-17,31H2,1-2H3,(H,32,39). The summed E-state index contributed by atoms with van der Waals surface area (Å²) in [6.07, 6.45) is -0.566. The minimum Gasteiger partial charge on any atom is -0.457 e. The summed E-state index contributed by atoms with van der Waals surface area (Å²) in [5.74, 6) is -2.28. The van der Waals surface area contributed by atoms with E-state index in [0.717, 1.165) is 12.1 Å². The highest BCUT2D eigenvalue weighted by atomic mass is 19.1. The van der Waals surface area contributed by atoms with Crippen LogP contribution in [0.5, 0.6) is 0 Å². The second-order valence-corrected chi connectivity index (χ2v) is 10.5. The van der Waals surface area contributed by atoms with E-state index in [2.05, 4.69) is 20.8 Å². The van der Waals surface area contributed by atoms with Gasteiger partial charge in [-0.1, -0.05) is 24.3 Å². The van der Waals surface area contributed by atoms with Crippen LogP contribution in [0.4, 0.5) is 13.6 Å². The van der Waals surface area contributed by atoms with Crippen molar-refractivity contribution < 1.29 is 37.4 Å². The van der Waals surface area contributed by atoms with Gasteiger partial charge in [-0.05, 0) is 42.5 Å². The summed E-state index contributed by atoms with van der Waals surface area (Å²) >= 11 is 0. The first kappa shape index (κ1) is 31.4. The molecule has 2 amide bonds. The van der Waals surface area contributed by atoms with Gasteiger partial charge in [-0.2, -0.15) is 0 Å². The molecule has 2 heterocycles. The Morgan fingerprint density at radius 2 is 1.93 bits per heavy atom. The number of halogens is 2. The fourth-order valence-electron chi connectivity index (χ4n) is 4.17. The number of nitrogens with zero attached hydrogens (tertiary/aromatic N) is 5. The largest absolute Gasteiger partial charge is 0.457 e. The van der Waals surface area contributed by atoms with Crippen molar-refractivity contribution in [2.75, 3.05) is 26.3 Å². The van der Waals surface area contributed by atoms with Gasteiger partial charge in [0, 0.05) is 24.6 Å². The molecule has 230 valence electrons. The van der Waals surface area contributed by atoms with Crippen LogP contribution in [-0.2, 0) is 32.2 Å². The summed E-state index contributed by atoms with van der Waals surface area (Å²) in [4.78, 5) is 39.0. The third kappa shape index (κ3) is 8.75. The Hall–Kier alpha value is -4.50. The SMILES string of the molecule is CC(C)(N)C(=O)NC(COCc1ccc(F)cc1F)c1nnnn1CCOC(=O)N1CCC(OC(=O)c2ccccc2)C1. The van der Waals surface area contributed by atoms with Gasteiger partial charge in [0.25, 0.3) is 0 Å². The van der Waals surface area contributed by atoms with Crippen LogP contribution in [0.1, 0.15) is 48.1 Å². The van der Waals surface area contributed by atoms with E-state index in [9.17, 15) is 23.2 Å².